The fourth-order valence-corrected chi connectivity index (χ4v) is 4.84. The summed E-state index contributed by atoms with van der Waals surface area (Å²) in [5.41, 5.74) is 0. The molecule has 2 N–H and O–H groups in total. The second-order valence-corrected chi connectivity index (χ2v) is 8.46. The predicted molar refractivity (Wildman–Crippen MR) is 105 cm³/mol. The van der Waals surface area contributed by atoms with Crippen molar-refractivity contribution in [3.63, 3.8) is 0 Å². The molecule has 0 bridgehead atoms. The van der Waals surface area contributed by atoms with Crippen LogP contribution in [0.1, 0.15) is 19.8 Å². The molecular formula is C14H24IN3O3S2. The Morgan fingerprint density at radius 2 is 2.17 bits per heavy atom. The molecule has 1 aromatic rings. The van der Waals surface area contributed by atoms with E-state index in [-0.39, 0.29) is 36.3 Å². The van der Waals surface area contributed by atoms with Crippen molar-refractivity contribution in [3.05, 3.63) is 17.5 Å². The lowest BCUT2D eigenvalue weighted by atomic mass is 10.4. The molecule has 0 amide bonds. The van der Waals surface area contributed by atoms with Crippen molar-refractivity contribution < 1.29 is 13.5 Å². The molecule has 0 aliphatic carbocycles. The van der Waals surface area contributed by atoms with Gasteiger partial charge in [0.2, 0.25) is 0 Å². The first kappa shape index (κ1) is 20.7. The maximum Gasteiger partial charge on any atom is 0.194 e. The van der Waals surface area contributed by atoms with Gasteiger partial charge in [-0.3, -0.25) is 4.99 Å². The Labute approximate surface area is 158 Å². The number of aliphatic imine (C=N–C) groups is 1. The van der Waals surface area contributed by atoms with Gasteiger partial charge in [0.25, 0.3) is 0 Å². The summed E-state index contributed by atoms with van der Waals surface area (Å²) >= 11 is 1.17. The Kier molecular flexibility index (Phi) is 8.80. The number of hydrogen-bond donors (Lipinski definition) is 2. The van der Waals surface area contributed by atoms with Crippen LogP contribution in [0, 0.1) is 0 Å². The number of aliphatic hydroxyl groups excluding tert-OH is 1. The Morgan fingerprint density at radius 1 is 1.48 bits per heavy atom. The number of nitrogens with one attached hydrogen (secondary N) is 1. The number of likely N-dealkylation sites (tertiary alicyclic amines) is 1. The van der Waals surface area contributed by atoms with Crippen molar-refractivity contribution in [2.75, 3.05) is 31.9 Å². The van der Waals surface area contributed by atoms with Gasteiger partial charge < -0.3 is 15.3 Å². The standard InChI is InChI=1S/C14H23N3O3S2.HI/c1-2-15-14(17-7-3-4-8-17)16-10-12(18)11-22(19,20)13-6-5-9-21-13;/h5-6,9,12,18H,2-4,7-8,10-11H2,1H3,(H,15,16);1H. The fourth-order valence-electron chi connectivity index (χ4n) is 2.38. The summed E-state index contributed by atoms with van der Waals surface area (Å²) in [6.07, 6.45) is 1.28. The van der Waals surface area contributed by atoms with E-state index in [9.17, 15) is 13.5 Å². The SMILES string of the molecule is CCNC(=NCC(O)CS(=O)(=O)c1cccs1)N1CCCC1.I. The van der Waals surface area contributed by atoms with Crippen LogP contribution in [0.4, 0.5) is 0 Å². The first-order chi connectivity index (χ1) is 10.5. The van der Waals surface area contributed by atoms with Gasteiger partial charge in [0, 0.05) is 19.6 Å². The molecular weight excluding hydrogens is 449 g/mol. The first-order valence-electron chi connectivity index (χ1n) is 7.50. The lowest BCUT2D eigenvalue weighted by molar-refractivity contribution is 0.205. The van der Waals surface area contributed by atoms with E-state index < -0.39 is 15.9 Å². The molecule has 1 saturated heterocycles. The summed E-state index contributed by atoms with van der Waals surface area (Å²) in [4.78, 5) is 6.52. The van der Waals surface area contributed by atoms with Gasteiger partial charge in [-0.1, -0.05) is 6.07 Å². The Hall–Kier alpha value is -0.390. The van der Waals surface area contributed by atoms with Gasteiger partial charge in [0.15, 0.2) is 15.8 Å². The van der Waals surface area contributed by atoms with E-state index in [1.165, 1.54) is 11.3 Å². The number of nitrogens with zero attached hydrogens (tertiary/aromatic N) is 2. The minimum absolute atomic E-state index is 0. The van der Waals surface area contributed by atoms with Crippen molar-refractivity contribution in [1.29, 1.82) is 0 Å². The number of guanidine groups is 1. The molecule has 0 radical (unpaired) electrons. The Bertz CT molecular complexity index is 584. The molecule has 1 atom stereocenters. The zero-order chi connectivity index (χ0) is 16.0. The number of halogens is 1. The summed E-state index contributed by atoms with van der Waals surface area (Å²) in [7, 11) is -3.43. The third-order valence-electron chi connectivity index (χ3n) is 3.41. The van der Waals surface area contributed by atoms with E-state index in [0.29, 0.717) is 4.21 Å². The normalized spacial score (nSPS) is 17.0. The predicted octanol–water partition coefficient (Wildman–Crippen LogP) is 1.56. The maximum absolute atomic E-state index is 12.1. The average molecular weight is 473 g/mol. The summed E-state index contributed by atoms with van der Waals surface area (Å²) < 4.78 is 24.5. The van der Waals surface area contributed by atoms with Crippen molar-refractivity contribution >= 4 is 51.1 Å². The summed E-state index contributed by atoms with van der Waals surface area (Å²) in [5.74, 6) is 0.462. The zero-order valence-electron chi connectivity index (χ0n) is 13.1. The van der Waals surface area contributed by atoms with Crippen molar-refractivity contribution in [3.8, 4) is 0 Å². The molecule has 1 aromatic heterocycles. The molecule has 23 heavy (non-hydrogen) atoms. The van der Waals surface area contributed by atoms with E-state index >= 15 is 0 Å². The summed E-state index contributed by atoms with van der Waals surface area (Å²) in [6.45, 7) is 4.73. The lowest BCUT2D eigenvalue weighted by Crippen LogP contribution is -2.40. The van der Waals surface area contributed by atoms with Crippen LogP contribution in [0.5, 0.6) is 0 Å². The highest BCUT2D eigenvalue weighted by Gasteiger charge is 2.21. The first-order valence-corrected chi connectivity index (χ1v) is 10.0. The third-order valence-corrected chi connectivity index (χ3v) is 6.69. The molecule has 2 heterocycles. The molecule has 6 nitrogen and oxygen atoms in total. The largest absolute Gasteiger partial charge is 0.390 e. The van der Waals surface area contributed by atoms with Crippen molar-refractivity contribution in [1.82, 2.24) is 10.2 Å². The maximum atomic E-state index is 12.1. The highest BCUT2D eigenvalue weighted by molar-refractivity contribution is 14.0. The van der Waals surface area contributed by atoms with Gasteiger partial charge in [-0.2, -0.15) is 0 Å². The molecule has 132 valence electrons. The average Bonchev–Trinajstić information content (AvgIpc) is 3.14. The minimum Gasteiger partial charge on any atom is -0.390 e. The summed E-state index contributed by atoms with van der Waals surface area (Å²) in [5, 5.41) is 14.9. The van der Waals surface area contributed by atoms with Gasteiger partial charge >= 0.3 is 0 Å². The third kappa shape index (κ3) is 6.20. The molecule has 0 saturated carbocycles. The number of thiophene rings is 1. The molecule has 1 aliphatic rings. The topological polar surface area (TPSA) is 82.0 Å². The summed E-state index contributed by atoms with van der Waals surface area (Å²) in [6, 6.07) is 3.25. The van der Waals surface area contributed by atoms with Crippen LogP contribution >= 0.6 is 35.3 Å². The highest BCUT2D eigenvalue weighted by Crippen LogP contribution is 2.18. The molecule has 0 aromatic carbocycles. The van der Waals surface area contributed by atoms with Gasteiger partial charge in [0.1, 0.15) is 4.21 Å². The van der Waals surface area contributed by atoms with E-state index in [4.69, 9.17) is 0 Å². The molecule has 9 heteroatoms. The van der Waals surface area contributed by atoms with Gasteiger partial charge in [-0.15, -0.1) is 35.3 Å². The quantitative estimate of drug-likeness (QED) is 0.373. The van der Waals surface area contributed by atoms with Gasteiger partial charge in [-0.25, -0.2) is 8.42 Å². The molecule has 0 spiro atoms. The second-order valence-electron chi connectivity index (χ2n) is 5.26. The van der Waals surface area contributed by atoms with Gasteiger partial charge in [-0.05, 0) is 31.2 Å². The number of rotatable bonds is 6. The van der Waals surface area contributed by atoms with E-state index in [1.54, 1.807) is 17.5 Å². The van der Waals surface area contributed by atoms with Crippen LogP contribution in [0.2, 0.25) is 0 Å². The minimum atomic E-state index is -3.43. The van der Waals surface area contributed by atoms with Crippen LogP contribution < -0.4 is 5.32 Å². The number of aliphatic hydroxyl groups is 1. The van der Waals surface area contributed by atoms with Gasteiger partial charge in [0.05, 0.1) is 18.4 Å². The monoisotopic (exact) mass is 473 g/mol. The molecule has 1 unspecified atom stereocenters. The van der Waals surface area contributed by atoms with Crippen LogP contribution in [0.25, 0.3) is 0 Å². The van der Waals surface area contributed by atoms with Crippen molar-refractivity contribution in [2.24, 2.45) is 4.99 Å². The highest BCUT2D eigenvalue weighted by atomic mass is 127. The van der Waals surface area contributed by atoms with Crippen LogP contribution in [-0.4, -0.2) is 62.4 Å². The molecule has 2 rings (SSSR count). The zero-order valence-corrected chi connectivity index (χ0v) is 17.1. The Balaban J connectivity index is 0.00000264. The molecule has 1 fully saturated rings. The van der Waals surface area contributed by atoms with Crippen molar-refractivity contribution in [2.45, 2.75) is 30.1 Å². The molecule has 1 aliphatic heterocycles. The van der Waals surface area contributed by atoms with Crippen LogP contribution in [-0.2, 0) is 9.84 Å². The van der Waals surface area contributed by atoms with E-state index in [1.807, 2.05) is 6.92 Å². The smallest absolute Gasteiger partial charge is 0.194 e. The fraction of sp³-hybridized carbons (Fsp3) is 0.643. The number of sulfone groups is 1. The second kappa shape index (κ2) is 9.80. The number of hydrogen-bond acceptors (Lipinski definition) is 5. The lowest BCUT2D eigenvalue weighted by Gasteiger charge is -2.21. The Morgan fingerprint density at radius 3 is 2.74 bits per heavy atom. The van der Waals surface area contributed by atoms with Crippen LogP contribution in [0.15, 0.2) is 26.7 Å². The van der Waals surface area contributed by atoms with E-state index in [0.717, 1.165) is 38.4 Å². The van der Waals surface area contributed by atoms with Crippen LogP contribution in [0.3, 0.4) is 0 Å². The van der Waals surface area contributed by atoms with E-state index in [2.05, 4.69) is 15.2 Å².